The van der Waals surface area contributed by atoms with E-state index in [1.807, 2.05) is 19.1 Å². The summed E-state index contributed by atoms with van der Waals surface area (Å²) >= 11 is 0. The van der Waals surface area contributed by atoms with Crippen molar-refractivity contribution < 1.29 is 0 Å². The second kappa shape index (κ2) is 5.49. The van der Waals surface area contributed by atoms with Crippen LogP contribution >= 0.6 is 0 Å². The Labute approximate surface area is 125 Å². The molecule has 3 nitrogen and oxygen atoms in total. The highest BCUT2D eigenvalue weighted by Crippen LogP contribution is 2.25. The molecule has 1 unspecified atom stereocenters. The van der Waals surface area contributed by atoms with Gasteiger partial charge in [0.2, 0.25) is 0 Å². The largest absolute Gasteiger partial charge is 0.320 e. The van der Waals surface area contributed by atoms with Gasteiger partial charge in [-0.15, -0.1) is 0 Å². The summed E-state index contributed by atoms with van der Waals surface area (Å²) in [4.78, 5) is 12.4. The van der Waals surface area contributed by atoms with E-state index in [9.17, 15) is 4.79 Å². The van der Waals surface area contributed by atoms with Gasteiger partial charge in [0.05, 0.1) is 6.04 Å². The zero-order valence-corrected chi connectivity index (χ0v) is 12.7. The Kier molecular flexibility index (Phi) is 3.68. The highest BCUT2D eigenvalue weighted by Gasteiger charge is 2.17. The van der Waals surface area contributed by atoms with E-state index in [1.165, 1.54) is 24.0 Å². The molecule has 0 bridgehead atoms. The minimum atomic E-state index is -0.350. The molecule has 1 heterocycles. The van der Waals surface area contributed by atoms with Crippen molar-refractivity contribution in [1.29, 1.82) is 0 Å². The molecule has 0 aliphatic heterocycles. The SMILES string of the molecule is Cc1ccc(C(N)c2ccc3c(c2)CCCC3)c(=O)n1C. The smallest absolute Gasteiger partial charge is 0.255 e. The lowest BCUT2D eigenvalue weighted by molar-refractivity contribution is 0.682. The van der Waals surface area contributed by atoms with Crippen LogP contribution in [0.1, 0.15) is 46.8 Å². The molecule has 1 aromatic heterocycles. The molecule has 3 heteroatoms. The van der Waals surface area contributed by atoms with E-state index in [0.717, 1.165) is 24.1 Å². The maximum Gasteiger partial charge on any atom is 0.255 e. The van der Waals surface area contributed by atoms with Gasteiger partial charge in [0.25, 0.3) is 5.56 Å². The maximum atomic E-state index is 12.4. The summed E-state index contributed by atoms with van der Waals surface area (Å²) in [5.41, 5.74) is 11.8. The molecule has 1 aliphatic rings. The van der Waals surface area contributed by atoms with Crippen LogP contribution in [0.5, 0.6) is 0 Å². The molecule has 0 saturated carbocycles. The van der Waals surface area contributed by atoms with Gasteiger partial charge in [-0.1, -0.05) is 18.2 Å². The van der Waals surface area contributed by atoms with E-state index in [4.69, 9.17) is 5.73 Å². The molecule has 2 aromatic rings. The quantitative estimate of drug-likeness (QED) is 0.920. The van der Waals surface area contributed by atoms with E-state index >= 15 is 0 Å². The number of hydrogen-bond donors (Lipinski definition) is 1. The van der Waals surface area contributed by atoms with Crippen LogP contribution < -0.4 is 11.3 Å². The summed E-state index contributed by atoms with van der Waals surface area (Å²) in [6, 6.07) is 9.92. The van der Waals surface area contributed by atoms with Crippen molar-refractivity contribution in [2.45, 2.75) is 38.6 Å². The fourth-order valence-corrected chi connectivity index (χ4v) is 3.11. The van der Waals surface area contributed by atoms with E-state index in [2.05, 4.69) is 18.2 Å². The predicted molar refractivity (Wildman–Crippen MR) is 85.5 cm³/mol. The monoisotopic (exact) mass is 282 g/mol. The molecule has 1 aromatic carbocycles. The Morgan fingerprint density at radius 1 is 1.10 bits per heavy atom. The first kappa shape index (κ1) is 14.1. The van der Waals surface area contributed by atoms with Gasteiger partial charge in [-0.3, -0.25) is 4.79 Å². The lowest BCUT2D eigenvalue weighted by atomic mass is 9.88. The Bertz CT molecular complexity index is 730. The third-order valence-corrected chi connectivity index (χ3v) is 4.65. The number of aryl methyl sites for hydroxylation is 3. The number of rotatable bonds is 2. The molecule has 21 heavy (non-hydrogen) atoms. The molecule has 0 fully saturated rings. The fraction of sp³-hybridized carbons (Fsp3) is 0.389. The van der Waals surface area contributed by atoms with Crippen molar-refractivity contribution in [1.82, 2.24) is 4.57 Å². The van der Waals surface area contributed by atoms with Gasteiger partial charge in [0.1, 0.15) is 0 Å². The number of fused-ring (bicyclic) bond motifs is 1. The second-order valence-electron chi connectivity index (χ2n) is 6.01. The standard InChI is InChI=1S/C18H22N2O/c1-12-7-10-16(18(21)20(12)2)17(19)15-9-8-13-5-3-4-6-14(13)11-15/h7-11,17H,3-6,19H2,1-2H3. The number of aromatic nitrogens is 1. The summed E-state index contributed by atoms with van der Waals surface area (Å²) in [7, 11) is 1.79. The first-order valence-electron chi connectivity index (χ1n) is 7.62. The third kappa shape index (κ3) is 2.54. The van der Waals surface area contributed by atoms with Crippen LogP contribution in [-0.4, -0.2) is 4.57 Å². The van der Waals surface area contributed by atoms with Crippen molar-refractivity contribution in [3.05, 3.63) is 68.6 Å². The number of nitrogens with zero attached hydrogens (tertiary/aromatic N) is 1. The lowest BCUT2D eigenvalue weighted by Gasteiger charge is -2.19. The molecule has 1 atom stereocenters. The molecule has 110 valence electrons. The normalized spacial score (nSPS) is 15.6. The van der Waals surface area contributed by atoms with Crippen molar-refractivity contribution in [2.75, 3.05) is 0 Å². The first-order chi connectivity index (χ1) is 10.1. The van der Waals surface area contributed by atoms with Crippen molar-refractivity contribution >= 4 is 0 Å². The molecular weight excluding hydrogens is 260 g/mol. The van der Waals surface area contributed by atoms with E-state index in [1.54, 1.807) is 11.6 Å². The van der Waals surface area contributed by atoms with Gasteiger partial charge in [0, 0.05) is 18.3 Å². The van der Waals surface area contributed by atoms with E-state index in [0.29, 0.717) is 5.56 Å². The second-order valence-corrected chi connectivity index (χ2v) is 6.01. The minimum Gasteiger partial charge on any atom is -0.320 e. The van der Waals surface area contributed by atoms with Crippen LogP contribution in [0.4, 0.5) is 0 Å². The number of hydrogen-bond acceptors (Lipinski definition) is 2. The highest BCUT2D eigenvalue weighted by atomic mass is 16.1. The van der Waals surface area contributed by atoms with Gasteiger partial charge < -0.3 is 10.3 Å². The van der Waals surface area contributed by atoms with Crippen molar-refractivity contribution in [2.24, 2.45) is 12.8 Å². The van der Waals surface area contributed by atoms with Crippen molar-refractivity contribution in [3.8, 4) is 0 Å². The summed E-state index contributed by atoms with van der Waals surface area (Å²) in [6.45, 7) is 1.93. The van der Waals surface area contributed by atoms with Crippen LogP contribution in [0.15, 0.2) is 35.1 Å². The van der Waals surface area contributed by atoms with Crippen LogP contribution in [-0.2, 0) is 19.9 Å². The summed E-state index contributed by atoms with van der Waals surface area (Å²) < 4.78 is 1.66. The third-order valence-electron chi connectivity index (χ3n) is 4.65. The Hall–Kier alpha value is -1.87. The first-order valence-corrected chi connectivity index (χ1v) is 7.62. The van der Waals surface area contributed by atoms with Crippen molar-refractivity contribution in [3.63, 3.8) is 0 Å². The van der Waals surface area contributed by atoms with Crippen LogP contribution in [0.25, 0.3) is 0 Å². The van der Waals surface area contributed by atoms with Gasteiger partial charge in [-0.2, -0.15) is 0 Å². The van der Waals surface area contributed by atoms with Gasteiger partial charge >= 0.3 is 0 Å². The lowest BCUT2D eigenvalue weighted by Crippen LogP contribution is -2.28. The molecule has 0 spiro atoms. The Morgan fingerprint density at radius 2 is 1.81 bits per heavy atom. The number of nitrogens with two attached hydrogens (primary N) is 1. The molecule has 0 saturated heterocycles. The number of pyridine rings is 1. The molecule has 1 aliphatic carbocycles. The van der Waals surface area contributed by atoms with Crippen LogP contribution in [0, 0.1) is 6.92 Å². The minimum absolute atomic E-state index is 0.000204. The molecule has 0 amide bonds. The van der Waals surface area contributed by atoms with Gasteiger partial charge in [0.15, 0.2) is 0 Å². The topological polar surface area (TPSA) is 48.0 Å². The zero-order valence-electron chi connectivity index (χ0n) is 12.7. The Balaban J connectivity index is 2.01. The van der Waals surface area contributed by atoms with Crippen LogP contribution in [0.3, 0.4) is 0 Å². The molecule has 0 radical (unpaired) electrons. The zero-order chi connectivity index (χ0) is 15.0. The highest BCUT2D eigenvalue weighted by molar-refractivity contribution is 5.38. The van der Waals surface area contributed by atoms with Crippen LogP contribution in [0.2, 0.25) is 0 Å². The van der Waals surface area contributed by atoms with E-state index in [-0.39, 0.29) is 11.6 Å². The number of benzene rings is 1. The van der Waals surface area contributed by atoms with E-state index < -0.39 is 0 Å². The van der Waals surface area contributed by atoms with Gasteiger partial charge in [-0.05, 0) is 61.4 Å². The van der Waals surface area contributed by atoms with Gasteiger partial charge in [-0.25, -0.2) is 0 Å². The average molecular weight is 282 g/mol. The average Bonchev–Trinajstić information content (AvgIpc) is 2.52. The molecule has 2 N–H and O–H groups in total. The maximum absolute atomic E-state index is 12.4. The fourth-order valence-electron chi connectivity index (χ4n) is 3.11. The Morgan fingerprint density at radius 3 is 2.57 bits per heavy atom. The molecular formula is C18H22N2O. The summed E-state index contributed by atoms with van der Waals surface area (Å²) in [5.74, 6) is 0. The molecule has 3 rings (SSSR count). The summed E-state index contributed by atoms with van der Waals surface area (Å²) in [6.07, 6.45) is 4.81. The predicted octanol–water partition coefficient (Wildman–Crippen LogP) is 2.62. The summed E-state index contributed by atoms with van der Waals surface area (Å²) in [5, 5.41) is 0.